The van der Waals surface area contributed by atoms with Crippen molar-refractivity contribution in [1.29, 1.82) is 0 Å². The number of aliphatic carboxylic acids is 1. The highest BCUT2D eigenvalue weighted by molar-refractivity contribution is 7.20. The smallest absolute Gasteiger partial charge is 0.323 e. The third kappa shape index (κ3) is 4.16. The largest absolute Gasteiger partial charge is 0.480 e. The zero-order chi connectivity index (χ0) is 18.7. The molecule has 136 valence electrons. The summed E-state index contributed by atoms with van der Waals surface area (Å²) in [6.45, 7) is 5.25. The lowest BCUT2D eigenvalue weighted by Crippen LogP contribution is -2.48. The normalized spacial score (nSPS) is 12.2. The molecule has 2 rings (SSSR count). The Morgan fingerprint density at radius 2 is 2.12 bits per heavy atom. The first kappa shape index (κ1) is 18.9. The van der Waals surface area contributed by atoms with Crippen LogP contribution in [-0.4, -0.2) is 56.7 Å². The Labute approximate surface area is 149 Å². The highest BCUT2D eigenvalue weighted by Crippen LogP contribution is 2.27. The van der Waals surface area contributed by atoms with Crippen LogP contribution in [-0.2, 0) is 16.6 Å². The van der Waals surface area contributed by atoms with Crippen molar-refractivity contribution in [2.75, 3.05) is 13.1 Å². The standard InChI is InChI=1S/C16H22N4O4S/c1-5-6-20(8-13(21)22)15(24)10(3)17-14(23)12-7-11-9(2)18-19(4)16(11)25-12/h7,10H,5-6,8H2,1-4H3,(H,17,23)(H,21,22). The summed E-state index contributed by atoms with van der Waals surface area (Å²) in [5, 5.41) is 16.8. The van der Waals surface area contributed by atoms with E-state index >= 15 is 0 Å². The van der Waals surface area contributed by atoms with Crippen molar-refractivity contribution in [2.45, 2.75) is 33.2 Å². The van der Waals surface area contributed by atoms with Crippen molar-refractivity contribution in [3.05, 3.63) is 16.6 Å². The van der Waals surface area contributed by atoms with Gasteiger partial charge in [-0.2, -0.15) is 5.10 Å². The molecule has 0 spiro atoms. The fourth-order valence-corrected chi connectivity index (χ4v) is 3.65. The van der Waals surface area contributed by atoms with E-state index in [1.807, 2.05) is 20.9 Å². The first-order chi connectivity index (χ1) is 11.7. The number of thiophene rings is 1. The molecular weight excluding hydrogens is 344 g/mol. The van der Waals surface area contributed by atoms with Crippen molar-refractivity contribution in [3.63, 3.8) is 0 Å². The van der Waals surface area contributed by atoms with Gasteiger partial charge < -0.3 is 15.3 Å². The van der Waals surface area contributed by atoms with Crippen LogP contribution in [0, 0.1) is 6.92 Å². The van der Waals surface area contributed by atoms with E-state index in [4.69, 9.17) is 5.11 Å². The Morgan fingerprint density at radius 3 is 2.68 bits per heavy atom. The molecule has 0 aliphatic rings. The van der Waals surface area contributed by atoms with Crippen molar-refractivity contribution < 1.29 is 19.5 Å². The van der Waals surface area contributed by atoms with Crippen LogP contribution in [0.15, 0.2) is 6.07 Å². The molecule has 0 bridgehead atoms. The van der Waals surface area contributed by atoms with E-state index in [2.05, 4.69) is 10.4 Å². The number of nitrogens with one attached hydrogen (secondary N) is 1. The topological polar surface area (TPSA) is 105 Å². The number of fused-ring (bicyclic) bond motifs is 1. The number of nitrogens with zero attached hydrogens (tertiary/aromatic N) is 3. The molecule has 0 aliphatic carbocycles. The van der Waals surface area contributed by atoms with Gasteiger partial charge in [0.25, 0.3) is 5.91 Å². The van der Waals surface area contributed by atoms with E-state index in [1.165, 1.54) is 16.2 Å². The molecule has 2 aromatic heterocycles. The highest BCUT2D eigenvalue weighted by atomic mass is 32.1. The van der Waals surface area contributed by atoms with E-state index in [9.17, 15) is 14.4 Å². The van der Waals surface area contributed by atoms with Gasteiger partial charge in [0.2, 0.25) is 5.91 Å². The van der Waals surface area contributed by atoms with Gasteiger partial charge in [-0.15, -0.1) is 11.3 Å². The van der Waals surface area contributed by atoms with Crippen LogP contribution in [0.3, 0.4) is 0 Å². The molecule has 0 saturated heterocycles. The van der Waals surface area contributed by atoms with E-state index in [1.54, 1.807) is 17.7 Å². The van der Waals surface area contributed by atoms with Crippen LogP contribution >= 0.6 is 11.3 Å². The minimum atomic E-state index is -1.08. The summed E-state index contributed by atoms with van der Waals surface area (Å²) in [5.41, 5.74) is 0.840. The zero-order valence-electron chi connectivity index (χ0n) is 14.7. The lowest BCUT2D eigenvalue weighted by Gasteiger charge is -2.24. The Bertz CT molecular complexity index is 776. The maximum atomic E-state index is 12.4. The van der Waals surface area contributed by atoms with Gasteiger partial charge in [-0.05, 0) is 26.3 Å². The van der Waals surface area contributed by atoms with Crippen LogP contribution in [0.1, 0.15) is 35.6 Å². The number of amides is 2. The number of carbonyl (C=O) groups is 3. The van der Waals surface area contributed by atoms with Gasteiger partial charge >= 0.3 is 5.97 Å². The molecule has 2 heterocycles. The molecule has 2 aromatic rings. The lowest BCUT2D eigenvalue weighted by molar-refractivity contribution is -0.145. The number of carbonyl (C=O) groups excluding carboxylic acids is 2. The molecule has 0 saturated carbocycles. The highest BCUT2D eigenvalue weighted by Gasteiger charge is 2.24. The molecular formula is C16H22N4O4S. The fraction of sp³-hybridized carbons (Fsp3) is 0.500. The summed E-state index contributed by atoms with van der Waals surface area (Å²) in [7, 11) is 1.81. The van der Waals surface area contributed by atoms with Crippen molar-refractivity contribution in [2.24, 2.45) is 7.05 Å². The van der Waals surface area contributed by atoms with Gasteiger partial charge in [0, 0.05) is 19.0 Å². The molecule has 2 amide bonds. The Morgan fingerprint density at radius 1 is 1.44 bits per heavy atom. The Kier molecular flexibility index (Phi) is 5.78. The maximum absolute atomic E-state index is 12.4. The summed E-state index contributed by atoms with van der Waals surface area (Å²) < 4.78 is 1.72. The Hall–Kier alpha value is -2.42. The third-order valence-electron chi connectivity index (χ3n) is 3.77. The number of hydrogen-bond donors (Lipinski definition) is 2. The molecule has 0 radical (unpaired) electrons. The van der Waals surface area contributed by atoms with Crippen LogP contribution in [0.25, 0.3) is 10.2 Å². The molecule has 1 atom stereocenters. The van der Waals surface area contributed by atoms with Gasteiger partial charge in [0.05, 0.1) is 10.6 Å². The summed E-state index contributed by atoms with van der Waals surface area (Å²) in [6, 6.07) is 0.957. The monoisotopic (exact) mass is 366 g/mol. The second-order valence-electron chi connectivity index (χ2n) is 5.89. The summed E-state index contributed by atoms with van der Waals surface area (Å²) in [6.07, 6.45) is 0.641. The van der Waals surface area contributed by atoms with Gasteiger partial charge in [-0.1, -0.05) is 6.92 Å². The van der Waals surface area contributed by atoms with Crippen LogP contribution in [0.4, 0.5) is 0 Å². The molecule has 1 unspecified atom stereocenters. The SMILES string of the molecule is CCCN(CC(=O)O)C(=O)C(C)NC(=O)c1cc2c(C)nn(C)c2s1. The van der Waals surface area contributed by atoms with Gasteiger partial charge in [0.15, 0.2) is 0 Å². The number of aryl methyl sites for hydroxylation is 2. The van der Waals surface area contributed by atoms with Crippen LogP contribution < -0.4 is 5.32 Å². The molecule has 2 N–H and O–H groups in total. The molecule has 0 aliphatic heterocycles. The average molecular weight is 366 g/mol. The first-order valence-corrected chi connectivity index (χ1v) is 8.80. The van der Waals surface area contributed by atoms with Gasteiger partial charge in [0.1, 0.15) is 17.4 Å². The summed E-state index contributed by atoms with van der Waals surface area (Å²) >= 11 is 1.31. The molecule has 0 fully saturated rings. The second kappa shape index (κ2) is 7.64. The van der Waals surface area contributed by atoms with E-state index in [0.29, 0.717) is 17.8 Å². The second-order valence-corrected chi connectivity index (χ2v) is 6.92. The molecule has 9 heteroatoms. The molecule has 8 nitrogen and oxygen atoms in total. The number of carboxylic acids is 1. The lowest BCUT2D eigenvalue weighted by atomic mass is 10.2. The van der Waals surface area contributed by atoms with Crippen molar-refractivity contribution in [3.8, 4) is 0 Å². The predicted molar refractivity (Wildman–Crippen MR) is 94.8 cm³/mol. The van der Waals surface area contributed by atoms with Crippen LogP contribution in [0.5, 0.6) is 0 Å². The minimum Gasteiger partial charge on any atom is -0.480 e. The quantitative estimate of drug-likeness (QED) is 0.770. The molecule has 0 aromatic carbocycles. The van der Waals surface area contributed by atoms with Crippen LogP contribution in [0.2, 0.25) is 0 Å². The number of rotatable bonds is 7. The molecule has 25 heavy (non-hydrogen) atoms. The van der Waals surface area contributed by atoms with Crippen molar-refractivity contribution in [1.82, 2.24) is 20.0 Å². The number of hydrogen-bond acceptors (Lipinski definition) is 5. The minimum absolute atomic E-state index is 0.332. The van der Waals surface area contributed by atoms with E-state index in [0.717, 1.165) is 15.9 Å². The van der Waals surface area contributed by atoms with Gasteiger partial charge in [-0.25, -0.2) is 0 Å². The summed E-state index contributed by atoms with van der Waals surface area (Å²) in [4.78, 5) is 38.4. The fourth-order valence-electron chi connectivity index (χ4n) is 2.62. The van der Waals surface area contributed by atoms with E-state index in [-0.39, 0.29) is 12.5 Å². The zero-order valence-corrected chi connectivity index (χ0v) is 15.5. The third-order valence-corrected chi connectivity index (χ3v) is 4.97. The predicted octanol–water partition coefficient (Wildman–Crippen LogP) is 1.38. The maximum Gasteiger partial charge on any atom is 0.323 e. The number of carboxylic acid groups (broad SMARTS) is 1. The van der Waals surface area contributed by atoms with Crippen molar-refractivity contribution >= 4 is 39.3 Å². The van der Waals surface area contributed by atoms with Gasteiger partial charge in [-0.3, -0.25) is 19.1 Å². The first-order valence-electron chi connectivity index (χ1n) is 7.99. The number of aromatic nitrogens is 2. The Balaban J connectivity index is 2.10. The average Bonchev–Trinajstić information content (AvgIpc) is 3.08. The summed E-state index contributed by atoms with van der Waals surface area (Å²) in [5.74, 6) is -1.84. The van der Waals surface area contributed by atoms with E-state index < -0.39 is 17.9 Å².